The zero-order chi connectivity index (χ0) is 12.3. The smallest absolute Gasteiger partial charge is 0.302 e. The van der Waals surface area contributed by atoms with Crippen LogP contribution in [0.3, 0.4) is 0 Å². The number of carbonyl (C=O) groups is 1. The third-order valence-corrected chi connectivity index (χ3v) is 3.66. The summed E-state index contributed by atoms with van der Waals surface area (Å²) in [5, 5.41) is -0.0289. The van der Waals surface area contributed by atoms with Gasteiger partial charge >= 0.3 is 5.97 Å². The monoisotopic (exact) mass is 282 g/mol. The van der Waals surface area contributed by atoms with Crippen LogP contribution in [0, 0.1) is 0 Å². The van der Waals surface area contributed by atoms with Gasteiger partial charge in [-0.3, -0.25) is 4.79 Å². The highest BCUT2D eigenvalue weighted by Crippen LogP contribution is 2.28. The van der Waals surface area contributed by atoms with Gasteiger partial charge in [-0.05, 0) is 6.07 Å². The van der Waals surface area contributed by atoms with Crippen molar-refractivity contribution in [3.63, 3.8) is 0 Å². The van der Waals surface area contributed by atoms with Gasteiger partial charge in [0.1, 0.15) is 11.5 Å². The molecule has 4 nitrogen and oxygen atoms in total. The van der Waals surface area contributed by atoms with Crippen molar-refractivity contribution in [3.8, 4) is 0 Å². The van der Waals surface area contributed by atoms with Crippen LogP contribution in [0.5, 0.6) is 0 Å². The summed E-state index contributed by atoms with van der Waals surface area (Å²) >= 11 is 5.82. The molecular weight excluding hydrogens is 275 g/mol. The Morgan fingerprint density at radius 2 is 2.06 bits per heavy atom. The molecule has 0 amide bonds. The molecule has 0 atom stereocenters. The van der Waals surface area contributed by atoms with Crippen LogP contribution in [-0.2, 0) is 25.2 Å². The summed E-state index contributed by atoms with van der Waals surface area (Å²) in [4.78, 5) is 10.4. The Morgan fingerprint density at radius 1 is 1.44 bits per heavy atom. The Morgan fingerprint density at radius 3 is 2.56 bits per heavy atom. The van der Waals surface area contributed by atoms with E-state index in [4.69, 9.17) is 27.0 Å². The Bertz CT molecular complexity index is 510. The number of hydrogen-bond acceptors (Lipinski definition) is 4. The molecule has 0 aliphatic carbocycles. The minimum absolute atomic E-state index is 0.0289. The molecule has 7 heteroatoms. The van der Waals surface area contributed by atoms with Crippen LogP contribution < -0.4 is 0 Å². The molecule has 88 valence electrons. The lowest BCUT2D eigenvalue weighted by Crippen LogP contribution is -2.01. The zero-order valence-electron chi connectivity index (χ0n) is 8.24. The molecule has 1 aromatic rings. The highest BCUT2D eigenvalue weighted by Gasteiger charge is 2.17. The first-order chi connectivity index (χ1) is 7.32. The van der Waals surface area contributed by atoms with Crippen molar-refractivity contribution >= 4 is 37.3 Å². The van der Waals surface area contributed by atoms with E-state index in [0.29, 0.717) is 5.56 Å². The number of ether oxygens (including phenoxy) is 1. The zero-order valence-corrected chi connectivity index (χ0v) is 10.6. The van der Waals surface area contributed by atoms with E-state index in [-0.39, 0.29) is 16.5 Å². The van der Waals surface area contributed by atoms with Crippen LogP contribution in [0.2, 0.25) is 5.02 Å². The maximum absolute atomic E-state index is 11.1. The third-order valence-electron chi connectivity index (χ3n) is 1.74. The van der Waals surface area contributed by atoms with Gasteiger partial charge in [-0.2, -0.15) is 0 Å². The van der Waals surface area contributed by atoms with Crippen LogP contribution in [0.1, 0.15) is 12.5 Å². The van der Waals surface area contributed by atoms with Gasteiger partial charge in [0.2, 0.25) is 0 Å². The van der Waals surface area contributed by atoms with Crippen LogP contribution >= 0.6 is 22.3 Å². The van der Waals surface area contributed by atoms with Crippen molar-refractivity contribution in [1.29, 1.82) is 0 Å². The van der Waals surface area contributed by atoms with Gasteiger partial charge in [0.15, 0.2) is 0 Å². The van der Waals surface area contributed by atoms with E-state index in [2.05, 4.69) is 0 Å². The van der Waals surface area contributed by atoms with E-state index >= 15 is 0 Å². The molecule has 0 bridgehead atoms. The minimum atomic E-state index is -3.89. The van der Waals surface area contributed by atoms with E-state index in [0.717, 1.165) is 0 Å². The van der Waals surface area contributed by atoms with Crippen molar-refractivity contribution < 1.29 is 17.9 Å². The fraction of sp³-hybridized carbons (Fsp3) is 0.222. The minimum Gasteiger partial charge on any atom is -0.461 e. The second-order valence-corrected chi connectivity index (χ2v) is 5.86. The van der Waals surface area contributed by atoms with Gasteiger partial charge in [0.25, 0.3) is 9.05 Å². The van der Waals surface area contributed by atoms with Crippen LogP contribution in [0.15, 0.2) is 23.1 Å². The maximum Gasteiger partial charge on any atom is 0.302 e. The van der Waals surface area contributed by atoms with E-state index in [1.165, 1.54) is 19.1 Å². The number of benzene rings is 1. The lowest BCUT2D eigenvalue weighted by molar-refractivity contribution is -0.142. The van der Waals surface area contributed by atoms with Crippen molar-refractivity contribution in [2.24, 2.45) is 0 Å². The Hall–Kier alpha value is -0.780. The summed E-state index contributed by atoms with van der Waals surface area (Å²) in [7, 11) is 1.28. The van der Waals surface area contributed by atoms with Gasteiger partial charge in [-0.15, -0.1) is 0 Å². The van der Waals surface area contributed by atoms with Crippen molar-refractivity contribution in [3.05, 3.63) is 28.8 Å². The van der Waals surface area contributed by atoms with Crippen molar-refractivity contribution in [2.75, 3.05) is 0 Å². The molecule has 0 fully saturated rings. The first-order valence-electron chi connectivity index (χ1n) is 4.18. The fourth-order valence-corrected chi connectivity index (χ4v) is 2.61. The lowest BCUT2D eigenvalue weighted by atomic mass is 10.2. The predicted octanol–water partition coefficient (Wildman–Crippen LogP) is 2.33. The largest absolute Gasteiger partial charge is 0.461 e. The molecule has 0 heterocycles. The summed E-state index contributed by atoms with van der Waals surface area (Å²) in [5.41, 5.74) is 0.388. The molecule has 0 radical (unpaired) electrons. The summed E-state index contributed by atoms with van der Waals surface area (Å²) in [5.74, 6) is -0.477. The van der Waals surface area contributed by atoms with Gasteiger partial charge in [-0.25, -0.2) is 8.42 Å². The van der Waals surface area contributed by atoms with Gasteiger partial charge < -0.3 is 4.74 Å². The Labute approximate surface area is 103 Å². The Kier molecular flexibility index (Phi) is 4.18. The maximum atomic E-state index is 11.1. The first-order valence-corrected chi connectivity index (χ1v) is 6.86. The van der Waals surface area contributed by atoms with Crippen molar-refractivity contribution in [1.82, 2.24) is 0 Å². The van der Waals surface area contributed by atoms with Crippen LogP contribution in [0.25, 0.3) is 0 Å². The molecule has 0 unspecified atom stereocenters. The standard InChI is InChI=1S/C9H8Cl2O4S/c1-6(12)15-5-7-3-2-4-8(9(7)10)16(11,13)14/h2-4H,5H2,1H3. The quantitative estimate of drug-likeness (QED) is 0.631. The summed E-state index contributed by atoms with van der Waals surface area (Å²) in [6.45, 7) is 1.16. The lowest BCUT2D eigenvalue weighted by Gasteiger charge is -2.07. The molecule has 1 rings (SSSR count). The fourth-order valence-electron chi connectivity index (χ4n) is 1.04. The van der Waals surface area contributed by atoms with E-state index < -0.39 is 15.0 Å². The molecular formula is C9H8Cl2O4S. The highest BCUT2D eigenvalue weighted by molar-refractivity contribution is 8.13. The van der Waals surface area contributed by atoms with Crippen LogP contribution in [0.4, 0.5) is 0 Å². The van der Waals surface area contributed by atoms with Crippen LogP contribution in [-0.4, -0.2) is 14.4 Å². The number of carbonyl (C=O) groups excluding carboxylic acids is 1. The van der Waals surface area contributed by atoms with Gasteiger partial charge in [0.05, 0.1) is 5.02 Å². The van der Waals surface area contributed by atoms with Gasteiger partial charge in [0, 0.05) is 23.2 Å². The summed E-state index contributed by atoms with van der Waals surface area (Å²) in [6, 6.07) is 4.30. The molecule has 16 heavy (non-hydrogen) atoms. The average molecular weight is 283 g/mol. The SMILES string of the molecule is CC(=O)OCc1cccc(S(=O)(=O)Cl)c1Cl. The molecule has 0 saturated carbocycles. The van der Waals surface area contributed by atoms with E-state index in [1.54, 1.807) is 6.07 Å². The number of halogens is 2. The third kappa shape index (κ3) is 3.37. The summed E-state index contributed by atoms with van der Waals surface area (Å²) < 4.78 is 26.9. The van der Waals surface area contributed by atoms with E-state index in [1.807, 2.05) is 0 Å². The molecule has 0 aliphatic heterocycles. The normalized spacial score (nSPS) is 11.2. The molecule has 0 saturated heterocycles. The first kappa shape index (κ1) is 13.3. The molecule has 0 aliphatic rings. The number of esters is 1. The van der Waals surface area contributed by atoms with Gasteiger partial charge in [-0.1, -0.05) is 23.7 Å². The molecule has 1 aromatic carbocycles. The second-order valence-electron chi connectivity index (χ2n) is 2.95. The van der Waals surface area contributed by atoms with E-state index in [9.17, 15) is 13.2 Å². The average Bonchev–Trinajstić information content (AvgIpc) is 2.14. The number of rotatable bonds is 3. The highest BCUT2D eigenvalue weighted by atomic mass is 35.7. The molecule has 0 N–H and O–H groups in total. The van der Waals surface area contributed by atoms with Crippen molar-refractivity contribution in [2.45, 2.75) is 18.4 Å². The Balaban J connectivity index is 3.10. The summed E-state index contributed by atoms with van der Waals surface area (Å²) in [6.07, 6.45) is 0. The topological polar surface area (TPSA) is 60.4 Å². The number of hydrogen-bond donors (Lipinski definition) is 0. The predicted molar refractivity (Wildman–Crippen MR) is 60.0 cm³/mol. The molecule has 0 spiro atoms. The second kappa shape index (κ2) is 5.03. The molecule has 0 aromatic heterocycles.